The molecule has 0 amide bonds. The minimum atomic E-state index is -0.304. The van der Waals surface area contributed by atoms with Crippen LogP contribution < -0.4 is 0 Å². The van der Waals surface area contributed by atoms with Crippen molar-refractivity contribution in [3.05, 3.63) is 0 Å². The Balaban J connectivity index is 2.82. The van der Waals surface area contributed by atoms with Crippen LogP contribution in [0, 0.1) is 0 Å². The van der Waals surface area contributed by atoms with Crippen LogP contribution in [0.4, 0.5) is 0 Å². The smallest absolute Gasteiger partial charge is 0.235 e. The third kappa shape index (κ3) is 5.56. The molecule has 3 nitrogen and oxygen atoms in total. The highest BCUT2D eigenvalue weighted by atomic mass is 28.2. The van der Waals surface area contributed by atoms with Gasteiger partial charge in [-0.05, 0) is 0 Å². The summed E-state index contributed by atoms with van der Waals surface area (Å²) < 4.78 is 5.00. The van der Waals surface area contributed by atoms with Crippen LogP contribution in [0.25, 0.3) is 0 Å². The number of aliphatic imine (C=N–C) groups is 1. The standard InChI is InChI=1S/C4H9NO2Si/c1-8-7-3-2-5-4-6/h2-3,8H2,1H3. The minimum Gasteiger partial charge on any atom is -0.422 e. The van der Waals surface area contributed by atoms with E-state index in [-0.39, 0.29) is 9.76 Å². The van der Waals surface area contributed by atoms with E-state index in [9.17, 15) is 4.79 Å². The fraction of sp³-hybridized carbons (Fsp3) is 0.750. The Bertz CT molecular complexity index is 90.0. The molecule has 0 aliphatic rings. The summed E-state index contributed by atoms with van der Waals surface area (Å²) in [5, 5.41) is 0. The number of carbonyl (C=O) groups excluding carboxylic acids is 1. The van der Waals surface area contributed by atoms with E-state index in [1.165, 1.54) is 6.08 Å². The molecule has 0 aliphatic carbocycles. The normalized spacial score (nSPS) is 9.62. The van der Waals surface area contributed by atoms with Crippen LogP contribution in [0.15, 0.2) is 4.99 Å². The van der Waals surface area contributed by atoms with Gasteiger partial charge in [-0.15, -0.1) is 0 Å². The third-order valence-electron chi connectivity index (χ3n) is 0.616. The highest BCUT2D eigenvalue weighted by Gasteiger charge is 1.78. The summed E-state index contributed by atoms with van der Waals surface area (Å²) in [6.45, 7) is 3.08. The van der Waals surface area contributed by atoms with Crippen LogP contribution in [-0.4, -0.2) is 29.0 Å². The van der Waals surface area contributed by atoms with Crippen molar-refractivity contribution >= 4 is 15.8 Å². The van der Waals surface area contributed by atoms with Crippen LogP contribution in [0.1, 0.15) is 0 Å². The van der Waals surface area contributed by atoms with Crippen molar-refractivity contribution in [3.63, 3.8) is 0 Å². The van der Waals surface area contributed by atoms with Gasteiger partial charge in [-0.25, -0.2) is 9.79 Å². The molecule has 0 unspecified atom stereocenters. The molecule has 0 aliphatic heterocycles. The molecule has 0 aromatic heterocycles. The second kappa shape index (κ2) is 6.56. The summed E-state index contributed by atoms with van der Waals surface area (Å²) in [6.07, 6.45) is 1.44. The molecular weight excluding hydrogens is 122 g/mol. The van der Waals surface area contributed by atoms with E-state index < -0.39 is 0 Å². The lowest BCUT2D eigenvalue weighted by atomic mass is 10.7. The van der Waals surface area contributed by atoms with Gasteiger partial charge in [0.1, 0.15) is 0 Å². The van der Waals surface area contributed by atoms with E-state index in [1.807, 2.05) is 6.55 Å². The van der Waals surface area contributed by atoms with Gasteiger partial charge in [0.05, 0.1) is 13.2 Å². The second-order valence-corrected chi connectivity index (χ2v) is 2.16. The molecular formula is C4H9NO2Si. The largest absolute Gasteiger partial charge is 0.422 e. The van der Waals surface area contributed by atoms with Gasteiger partial charge < -0.3 is 4.43 Å². The van der Waals surface area contributed by atoms with Crippen molar-refractivity contribution in [2.45, 2.75) is 6.55 Å². The van der Waals surface area contributed by atoms with Crippen LogP contribution in [0.5, 0.6) is 0 Å². The average Bonchev–Trinajstić information content (AvgIpc) is 1.81. The zero-order chi connectivity index (χ0) is 6.24. The Labute approximate surface area is 50.7 Å². The van der Waals surface area contributed by atoms with E-state index in [1.54, 1.807) is 0 Å². The number of hydrogen-bond donors (Lipinski definition) is 0. The molecule has 8 heavy (non-hydrogen) atoms. The maximum absolute atomic E-state index is 9.43. The molecule has 0 radical (unpaired) electrons. The first-order valence-corrected chi connectivity index (χ1v) is 4.52. The van der Waals surface area contributed by atoms with Crippen molar-refractivity contribution in [2.24, 2.45) is 4.99 Å². The van der Waals surface area contributed by atoms with Crippen LogP contribution in [0.3, 0.4) is 0 Å². The lowest BCUT2D eigenvalue weighted by molar-refractivity contribution is 0.350. The van der Waals surface area contributed by atoms with Crippen molar-refractivity contribution in [3.8, 4) is 0 Å². The Kier molecular flexibility index (Phi) is 6.19. The summed E-state index contributed by atoms with van der Waals surface area (Å²) in [4.78, 5) is 12.7. The van der Waals surface area contributed by atoms with Crippen molar-refractivity contribution in [2.75, 3.05) is 13.2 Å². The highest BCUT2D eigenvalue weighted by Crippen LogP contribution is 1.69. The molecule has 0 aromatic carbocycles. The van der Waals surface area contributed by atoms with E-state index in [2.05, 4.69) is 4.99 Å². The van der Waals surface area contributed by atoms with Gasteiger partial charge in [-0.3, -0.25) is 0 Å². The molecule has 0 aromatic rings. The fourth-order valence-electron chi connectivity index (χ4n) is 0.300. The molecule has 46 valence electrons. The first-order chi connectivity index (χ1) is 3.91. The molecule has 0 fully saturated rings. The Morgan fingerprint density at radius 3 is 3.12 bits per heavy atom. The summed E-state index contributed by atoms with van der Waals surface area (Å²) in [6, 6.07) is 0. The fourth-order valence-corrected chi connectivity index (χ4v) is 0.718. The Morgan fingerprint density at radius 1 is 1.88 bits per heavy atom. The van der Waals surface area contributed by atoms with Crippen LogP contribution >= 0.6 is 0 Å². The molecule has 0 saturated carbocycles. The topological polar surface area (TPSA) is 38.7 Å². The molecule has 0 atom stereocenters. The van der Waals surface area contributed by atoms with Crippen molar-refractivity contribution in [1.29, 1.82) is 0 Å². The molecule has 0 spiro atoms. The molecule has 0 saturated heterocycles. The monoisotopic (exact) mass is 131 g/mol. The highest BCUT2D eigenvalue weighted by molar-refractivity contribution is 6.24. The lowest BCUT2D eigenvalue weighted by Gasteiger charge is -1.91. The molecule has 0 bridgehead atoms. The molecule has 0 N–H and O–H groups in total. The predicted molar refractivity (Wildman–Crippen MR) is 33.3 cm³/mol. The zero-order valence-electron chi connectivity index (χ0n) is 4.89. The van der Waals surface area contributed by atoms with Gasteiger partial charge in [0.15, 0.2) is 9.76 Å². The van der Waals surface area contributed by atoms with E-state index in [0.29, 0.717) is 13.2 Å². The van der Waals surface area contributed by atoms with Gasteiger partial charge in [0.2, 0.25) is 6.08 Å². The number of rotatable bonds is 4. The first-order valence-electron chi connectivity index (χ1n) is 2.53. The van der Waals surface area contributed by atoms with Crippen molar-refractivity contribution < 1.29 is 9.22 Å². The quantitative estimate of drug-likeness (QED) is 0.223. The first kappa shape index (κ1) is 7.56. The van der Waals surface area contributed by atoms with E-state index in [4.69, 9.17) is 4.43 Å². The Hall–Kier alpha value is -0.443. The minimum absolute atomic E-state index is 0.304. The van der Waals surface area contributed by atoms with E-state index >= 15 is 0 Å². The summed E-state index contributed by atoms with van der Waals surface area (Å²) >= 11 is 0. The predicted octanol–water partition coefficient (Wildman–Crippen LogP) is -0.529. The van der Waals surface area contributed by atoms with Crippen LogP contribution in [0.2, 0.25) is 6.55 Å². The zero-order valence-corrected chi connectivity index (χ0v) is 6.30. The molecule has 4 heteroatoms. The van der Waals surface area contributed by atoms with Gasteiger partial charge in [0, 0.05) is 0 Å². The number of nitrogens with zero attached hydrogens (tertiary/aromatic N) is 1. The van der Waals surface area contributed by atoms with Gasteiger partial charge in [-0.2, -0.15) is 0 Å². The van der Waals surface area contributed by atoms with Crippen LogP contribution in [-0.2, 0) is 9.22 Å². The summed E-state index contributed by atoms with van der Waals surface area (Å²) in [5.41, 5.74) is 0. The molecule has 0 heterocycles. The molecule has 0 rings (SSSR count). The SMILES string of the molecule is C[SiH2]OCCN=C=O. The number of isocyanates is 1. The third-order valence-corrected chi connectivity index (χ3v) is 1.31. The van der Waals surface area contributed by atoms with Crippen molar-refractivity contribution in [1.82, 2.24) is 0 Å². The second-order valence-electron chi connectivity index (χ2n) is 1.17. The summed E-state index contributed by atoms with van der Waals surface area (Å²) in [7, 11) is -0.304. The maximum atomic E-state index is 9.43. The Morgan fingerprint density at radius 2 is 2.62 bits per heavy atom. The van der Waals surface area contributed by atoms with Gasteiger partial charge in [0.25, 0.3) is 0 Å². The average molecular weight is 131 g/mol. The summed E-state index contributed by atoms with van der Waals surface area (Å²) in [5.74, 6) is 0. The number of hydrogen-bond acceptors (Lipinski definition) is 3. The van der Waals surface area contributed by atoms with Gasteiger partial charge in [-0.1, -0.05) is 6.55 Å². The van der Waals surface area contributed by atoms with E-state index in [0.717, 1.165) is 0 Å². The van der Waals surface area contributed by atoms with Gasteiger partial charge >= 0.3 is 0 Å². The lowest BCUT2D eigenvalue weighted by Crippen LogP contribution is -1.98. The maximum Gasteiger partial charge on any atom is 0.235 e.